The molecule has 0 bridgehead atoms. The summed E-state index contributed by atoms with van der Waals surface area (Å²) < 4.78 is 10.7. The molecule has 1 aliphatic rings. The fourth-order valence-corrected chi connectivity index (χ4v) is 2.49. The fraction of sp³-hybridized carbons (Fsp3) is 0.529. The molecular formula is C17H23N3O4. The van der Waals surface area contributed by atoms with Gasteiger partial charge in [-0.15, -0.1) is 0 Å². The highest BCUT2D eigenvalue weighted by Crippen LogP contribution is 2.23. The van der Waals surface area contributed by atoms with Crippen LogP contribution in [0, 0.1) is 5.53 Å². The number of ether oxygens (including phenoxy) is 2. The van der Waals surface area contributed by atoms with Crippen LogP contribution in [0.15, 0.2) is 29.4 Å². The van der Waals surface area contributed by atoms with E-state index in [1.807, 2.05) is 0 Å². The Kier molecular flexibility index (Phi) is 5.54. The van der Waals surface area contributed by atoms with Gasteiger partial charge < -0.3 is 9.47 Å². The van der Waals surface area contributed by atoms with Gasteiger partial charge in [0.1, 0.15) is 17.4 Å². The molecule has 1 amide bonds. The number of nitrogens with one attached hydrogen (secondary N) is 1. The standard InChI is InChI=1S/C17H23N3O4/c1-17(2,3)24-16(22)20-10-4-5-14(20)15(21)23-13-8-6-12(7-9-13)11-19-18/h6-9,14,18H,4-5,10-11H2,1-3H3/t14-/m1/s1. The smallest absolute Gasteiger partial charge is 0.411 e. The number of benzene rings is 1. The fourth-order valence-electron chi connectivity index (χ4n) is 2.49. The molecule has 1 heterocycles. The zero-order valence-corrected chi connectivity index (χ0v) is 14.2. The van der Waals surface area contributed by atoms with E-state index in [1.165, 1.54) is 4.90 Å². The number of carbonyl (C=O) groups is 2. The van der Waals surface area contributed by atoms with Crippen molar-refractivity contribution in [3.05, 3.63) is 29.8 Å². The average molecular weight is 333 g/mol. The Bertz CT molecular complexity index is 607. The van der Waals surface area contributed by atoms with Gasteiger partial charge in [0.25, 0.3) is 0 Å². The lowest BCUT2D eigenvalue weighted by atomic mass is 10.2. The van der Waals surface area contributed by atoms with Crippen molar-refractivity contribution >= 4 is 12.1 Å². The van der Waals surface area contributed by atoms with Crippen molar-refractivity contribution in [2.45, 2.75) is 51.8 Å². The number of esters is 1. The van der Waals surface area contributed by atoms with Gasteiger partial charge in [0.2, 0.25) is 0 Å². The van der Waals surface area contributed by atoms with Gasteiger partial charge in [0.05, 0.1) is 6.54 Å². The van der Waals surface area contributed by atoms with E-state index in [0.717, 1.165) is 12.0 Å². The van der Waals surface area contributed by atoms with Crippen molar-refractivity contribution in [1.29, 1.82) is 5.53 Å². The van der Waals surface area contributed by atoms with Gasteiger partial charge in [-0.25, -0.2) is 15.1 Å². The first kappa shape index (κ1) is 17.9. The molecular weight excluding hydrogens is 310 g/mol. The molecule has 1 aliphatic heterocycles. The van der Waals surface area contributed by atoms with E-state index in [2.05, 4.69) is 5.11 Å². The Morgan fingerprint density at radius 3 is 2.54 bits per heavy atom. The number of nitrogens with zero attached hydrogens (tertiary/aromatic N) is 2. The number of hydrogen-bond donors (Lipinski definition) is 1. The van der Waals surface area contributed by atoms with Gasteiger partial charge in [0.15, 0.2) is 0 Å². The number of likely N-dealkylation sites (tertiary alicyclic amines) is 1. The maximum atomic E-state index is 12.4. The van der Waals surface area contributed by atoms with Crippen LogP contribution in [0.4, 0.5) is 4.79 Å². The minimum atomic E-state index is -0.622. The number of rotatable bonds is 4. The number of amides is 1. The predicted molar refractivity (Wildman–Crippen MR) is 86.9 cm³/mol. The van der Waals surface area contributed by atoms with Gasteiger partial charge in [-0.05, 0) is 51.3 Å². The second-order valence-corrected chi connectivity index (χ2v) is 6.71. The summed E-state index contributed by atoms with van der Waals surface area (Å²) in [6.07, 6.45) is 0.811. The van der Waals surface area contributed by atoms with Crippen LogP contribution in [0.3, 0.4) is 0 Å². The molecule has 0 aromatic heterocycles. The summed E-state index contributed by atoms with van der Waals surface area (Å²) in [4.78, 5) is 26.0. The van der Waals surface area contributed by atoms with Crippen LogP contribution in [-0.4, -0.2) is 35.2 Å². The van der Waals surface area contributed by atoms with E-state index in [1.54, 1.807) is 45.0 Å². The second kappa shape index (κ2) is 7.42. The van der Waals surface area contributed by atoms with Crippen LogP contribution in [0.25, 0.3) is 0 Å². The Morgan fingerprint density at radius 2 is 1.96 bits per heavy atom. The highest BCUT2D eigenvalue weighted by atomic mass is 16.6. The third kappa shape index (κ3) is 4.78. The number of carbonyl (C=O) groups excluding carboxylic acids is 2. The van der Waals surface area contributed by atoms with Crippen LogP contribution in [0.1, 0.15) is 39.2 Å². The van der Waals surface area contributed by atoms with Crippen molar-refractivity contribution in [2.75, 3.05) is 6.54 Å². The van der Waals surface area contributed by atoms with Crippen LogP contribution in [-0.2, 0) is 16.1 Å². The molecule has 0 aliphatic carbocycles. The zero-order chi connectivity index (χ0) is 17.7. The molecule has 7 nitrogen and oxygen atoms in total. The molecule has 1 N–H and O–H groups in total. The van der Waals surface area contributed by atoms with Crippen LogP contribution in [0.5, 0.6) is 5.75 Å². The molecule has 24 heavy (non-hydrogen) atoms. The molecule has 1 fully saturated rings. The Morgan fingerprint density at radius 1 is 1.29 bits per heavy atom. The third-order valence-corrected chi connectivity index (χ3v) is 3.56. The zero-order valence-electron chi connectivity index (χ0n) is 14.2. The van der Waals surface area contributed by atoms with Crippen molar-refractivity contribution in [3.63, 3.8) is 0 Å². The van der Waals surface area contributed by atoms with Crippen LogP contribution < -0.4 is 4.74 Å². The topological polar surface area (TPSA) is 92.1 Å². The van der Waals surface area contributed by atoms with E-state index >= 15 is 0 Å². The first-order valence-electron chi connectivity index (χ1n) is 7.93. The normalized spacial score (nSPS) is 17.5. The lowest BCUT2D eigenvalue weighted by Crippen LogP contribution is -2.44. The molecule has 0 saturated carbocycles. The quantitative estimate of drug-likeness (QED) is 0.518. The maximum absolute atomic E-state index is 12.4. The summed E-state index contributed by atoms with van der Waals surface area (Å²) in [7, 11) is 0. The van der Waals surface area contributed by atoms with E-state index in [-0.39, 0.29) is 0 Å². The van der Waals surface area contributed by atoms with Crippen molar-refractivity contribution in [3.8, 4) is 5.75 Å². The summed E-state index contributed by atoms with van der Waals surface area (Å²) in [6, 6.07) is 6.20. The van der Waals surface area contributed by atoms with Gasteiger partial charge in [-0.3, -0.25) is 4.90 Å². The van der Waals surface area contributed by atoms with E-state index in [4.69, 9.17) is 15.0 Å². The monoisotopic (exact) mass is 333 g/mol. The van der Waals surface area contributed by atoms with Crippen molar-refractivity contribution in [1.82, 2.24) is 4.90 Å². The van der Waals surface area contributed by atoms with Crippen molar-refractivity contribution < 1.29 is 19.1 Å². The lowest BCUT2D eigenvalue weighted by Gasteiger charge is -2.27. The summed E-state index contributed by atoms with van der Waals surface area (Å²) in [5.74, 6) is -0.0546. The average Bonchev–Trinajstić information content (AvgIpc) is 2.97. The maximum Gasteiger partial charge on any atom is 0.411 e. The summed E-state index contributed by atoms with van der Waals surface area (Å²) in [5, 5.41) is 3.30. The van der Waals surface area contributed by atoms with E-state index in [9.17, 15) is 9.59 Å². The molecule has 1 atom stereocenters. The van der Waals surface area contributed by atoms with E-state index < -0.39 is 23.7 Å². The van der Waals surface area contributed by atoms with E-state index in [0.29, 0.717) is 25.3 Å². The third-order valence-electron chi connectivity index (χ3n) is 3.56. The molecule has 0 radical (unpaired) electrons. The van der Waals surface area contributed by atoms with Gasteiger partial charge in [0, 0.05) is 6.54 Å². The minimum Gasteiger partial charge on any atom is -0.444 e. The molecule has 130 valence electrons. The molecule has 1 saturated heterocycles. The molecule has 7 heteroatoms. The SMILES string of the molecule is CC(C)(C)OC(=O)N1CCC[C@@H]1C(=O)Oc1ccc(CN=N)cc1. The summed E-state index contributed by atoms with van der Waals surface area (Å²) in [6.45, 7) is 6.15. The van der Waals surface area contributed by atoms with Gasteiger partial charge in [-0.1, -0.05) is 12.1 Å². The largest absolute Gasteiger partial charge is 0.444 e. The van der Waals surface area contributed by atoms with Crippen LogP contribution >= 0.6 is 0 Å². The highest BCUT2D eigenvalue weighted by Gasteiger charge is 2.37. The highest BCUT2D eigenvalue weighted by molar-refractivity contribution is 5.83. The first-order valence-corrected chi connectivity index (χ1v) is 7.93. The van der Waals surface area contributed by atoms with Crippen LogP contribution in [0.2, 0.25) is 0 Å². The van der Waals surface area contributed by atoms with Gasteiger partial charge >= 0.3 is 12.1 Å². The molecule has 2 rings (SSSR count). The molecule has 1 aromatic rings. The number of hydrogen-bond acceptors (Lipinski definition) is 6. The Hall–Kier alpha value is -2.44. The summed E-state index contributed by atoms with van der Waals surface area (Å²) >= 11 is 0. The van der Waals surface area contributed by atoms with Crippen molar-refractivity contribution in [2.24, 2.45) is 5.11 Å². The molecule has 1 aromatic carbocycles. The minimum absolute atomic E-state index is 0.295. The van der Waals surface area contributed by atoms with Gasteiger partial charge in [-0.2, -0.15) is 5.11 Å². The Labute approximate surface area is 141 Å². The Balaban J connectivity index is 2.00. The predicted octanol–water partition coefficient (Wildman–Crippen LogP) is 3.52. The second-order valence-electron chi connectivity index (χ2n) is 6.71. The summed E-state index contributed by atoms with van der Waals surface area (Å²) in [5.41, 5.74) is 7.09. The molecule has 0 spiro atoms. The molecule has 0 unspecified atom stereocenters. The lowest BCUT2D eigenvalue weighted by molar-refractivity contribution is -0.139. The first-order chi connectivity index (χ1) is 11.3.